The number of hydrogen-bond acceptors (Lipinski definition) is 4. The van der Waals surface area contributed by atoms with E-state index < -0.39 is 0 Å². The van der Waals surface area contributed by atoms with E-state index in [1.54, 1.807) is 31.4 Å². The van der Waals surface area contributed by atoms with E-state index in [2.05, 4.69) is 0 Å². The molecular weight excluding hydrogens is 280 g/mol. The molecular formula is C17H24N2O3. The minimum atomic E-state index is 0.0623. The summed E-state index contributed by atoms with van der Waals surface area (Å²) < 4.78 is 5.07. The first-order valence-electron chi connectivity index (χ1n) is 7.82. The number of Topliss-reactive ketones (excluding diaryl/α,β-unsaturated/α-hetero) is 1. The van der Waals surface area contributed by atoms with Crippen molar-refractivity contribution >= 4 is 11.7 Å². The smallest absolute Gasteiger partial charge is 0.222 e. The molecule has 5 heteroatoms. The molecule has 0 aromatic heterocycles. The van der Waals surface area contributed by atoms with Gasteiger partial charge in [-0.1, -0.05) is 0 Å². The summed E-state index contributed by atoms with van der Waals surface area (Å²) in [5.74, 6) is 0.913. The molecule has 1 aromatic rings. The van der Waals surface area contributed by atoms with Gasteiger partial charge in [0.2, 0.25) is 5.91 Å². The van der Waals surface area contributed by atoms with Crippen molar-refractivity contribution < 1.29 is 14.3 Å². The van der Waals surface area contributed by atoms with Gasteiger partial charge in [-0.05, 0) is 43.5 Å². The van der Waals surface area contributed by atoms with Gasteiger partial charge in [0.05, 0.1) is 7.11 Å². The van der Waals surface area contributed by atoms with Crippen LogP contribution in [-0.4, -0.2) is 42.8 Å². The molecule has 1 amide bonds. The van der Waals surface area contributed by atoms with Crippen LogP contribution >= 0.6 is 0 Å². The van der Waals surface area contributed by atoms with E-state index in [1.807, 2.05) is 4.90 Å². The zero-order chi connectivity index (χ0) is 15.9. The molecule has 1 aliphatic rings. The van der Waals surface area contributed by atoms with E-state index >= 15 is 0 Å². The maximum Gasteiger partial charge on any atom is 0.222 e. The lowest BCUT2D eigenvalue weighted by Crippen LogP contribution is -2.39. The summed E-state index contributed by atoms with van der Waals surface area (Å²) in [7, 11) is 1.59. The normalized spacial score (nSPS) is 17.5. The van der Waals surface area contributed by atoms with Crippen LogP contribution in [0, 0.1) is 0 Å². The predicted molar refractivity (Wildman–Crippen MR) is 85.0 cm³/mol. The minimum absolute atomic E-state index is 0.0623. The average molecular weight is 304 g/mol. The number of benzene rings is 1. The van der Waals surface area contributed by atoms with E-state index in [0.717, 1.165) is 25.1 Å². The highest BCUT2D eigenvalue weighted by Gasteiger charge is 2.26. The lowest BCUT2D eigenvalue weighted by molar-refractivity contribution is -0.131. The lowest BCUT2D eigenvalue weighted by Gasteiger charge is -2.23. The van der Waals surface area contributed by atoms with Crippen molar-refractivity contribution in [2.45, 2.75) is 38.1 Å². The third-order valence-electron chi connectivity index (χ3n) is 4.18. The predicted octanol–water partition coefficient (Wildman–Crippen LogP) is 2.00. The quantitative estimate of drug-likeness (QED) is 0.782. The van der Waals surface area contributed by atoms with Gasteiger partial charge in [0.1, 0.15) is 5.75 Å². The number of likely N-dealkylation sites (tertiary alicyclic amines) is 1. The van der Waals surface area contributed by atoms with Gasteiger partial charge in [0, 0.05) is 37.5 Å². The van der Waals surface area contributed by atoms with Gasteiger partial charge in [0.25, 0.3) is 0 Å². The summed E-state index contributed by atoms with van der Waals surface area (Å²) in [5, 5.41) is 0. The second kappa shape index (κ2) is 7.94. The Kier molecular flexibility index (Phi) is 5.95. The summed E-state index contributed by atoms with van der Waals surface area (Å²) in [5.41, 5.74) is 6.34. The molecule has 2 N–H and O–H groups in total. The fourth-order valence-corrected chi connectivity index (χ4v) is 2.87. The molecule has 1 atom stereocenters. The van der Waals surface area contributed by atoms with E-state index in [1.165, 1.54) is 0 Å². The van der Waals surface area contributed by atoms with E-state index in [4.69, 9.17) is 10.5 Å². The highest BCUT2D eigenvalue weighted by Crippen LogP contribution is 2.19. The number of amides is 1. The molecule has 2 rings (SSSR count). The van der Waals surface area contributed by atoms with Crippen LogP contribution in [-0.2, 0) is 4.79 Å². The highest BCUT2D eigenvalue weighted by molar-refractivity contribution is 5.96. The van der Waals surface area contributed by atoms with Gasteiger partial charge in [-0.15, -0.1) is 0 Å². The van der Waals surface area contributed by atoms with Crippen LogP contribution in [0.4, 0.5) is 0 Å². The number of ketones is 1. The van der Waals surface area contributed by atoms with E-state index in [-0.39, 0.29) is 17.7 Å². The summed E-state index contributed by atoms with van der Waals surface area (Å²) >= 11 is 0. The molecule has 0 radical (unpaired) electrons. The number of carbonyl (C=O) groups excluding carboxylic acids is 2. The first kappa shape index (κ1) is 16.5. The van der Waals surface area contributed by atoms with Crippen LogP contribution < -0.4 is 10.5 Å². The second-order valence-corrected chi connectivity index (χ2v) is 5.62. The molecule has 0 spiro atoms. The Labute approximate surface area is 131 Å². The molecule has 22 heavy (non-hydrogen) atoms. The molecule has 120 valence electrons. The Morgan fingerprint density at radius 3 is 2.64 bits per heavy atom. The Balaban J connectivity index is 1.77. The van der Waals surface area contributed by atoms with Crippen LogP contribution in [0.25, 0.3) is 0 Å². The number of rotatable bonds is 7. The number of ether oxygens (including phenoxy) is 1. The molecule has 1 unspecified atom stereocenters. The first-order valence-corrected chi connectivity index (χ1v) is 7.82. The molecule has 0 aliphatic carbocycles. The standard InChI is InChI=1S/C17H24N2O3/c1-22-15-9-7-13(8-10-15)16(20)5-2-6-17(21)19-11-3-4-14(19)12-18/h7-10,14H,2-6,11-12,18H2,1H3. The number of nitrogens with zero attached hydrogens (tertiary/aromatic N) is 1. The minimum Gasteiger partial charge on any atom is -0.497 e. The van der Waals surface area contributed by atoms with Crippen molar-refractivity contribution in [1.82, 2.24) is 4.90 Å². The van der Waals surface area contributed by atoms with Gasteiger partial charge >= 0.3 is 0 Å². The fourth-order valence-electron chi connectivity index (χ4n) is 2.87. The zero-order valence-corrected chi connectivity index (χ0v) is 13.1. The molecule has 0 bridgehead atoms. The Morgan fingerprint density at radius 2 is 2.00 bits per heavy atom. The highest BCUT2D eigenvalue weighted by atomic mass is 16.5. The van der Waals surface area contributed by atoms with Crippen molar-refractivity contribution in [3.63, 3.8) is 0 Å². The molecule has 1 saturated heterocycles. The summed E-state index contributed by atoms with van der Waals surface area (Å²) in [6.45, 7) is 1.32. The number of nitrogens with two attached hydrogens (primary N) is 1. The number of carbonyl (C=O) groups is 2. The van der Waals surface area contributed by atoms with Crippen LogP contribution in [0.15, 0.2) is 24.3 Å². The SMILES string of the molecule is COc1ccc(C(=O)CCCC(=O)N2CCCC2CN)cc1. The van der Waals surface area contributed by atoms with E-state index in [0.29, 0.717) is 31.4 Å². The summed E-state index contributed by atoms with van der Waals surface area (Å²) in [6, 6.07) is 7.25. The Morgan fingerprint density at radius 1 is 1.27 bits per heavy atom. The van der Waals surface area contributed by atoms with Gasteiger partial charge in [-0.2, -0.15) is 0 Å². The van der Waals surface area contributed by atoms with Crippen molar-refractivity contribution in [3.8, 4) is 5.75 Å². The Hall–Kier alpha value is -1.88. The van der Waals surface area contributed by atoms with Crippen LogP contribution in [0.5, 0.6) is 5.75 Å². The average Bonchev–Trinajstić information content (AvgIpc) is 3.03. The molecule has 0 saturated carbocycles. The second-order valence-electron chi connectivity index (χ2n) is 5.62. The largest absolute Gasteiger partial charge is 0.497 e. The van der Waals surface area contributed by atoms with Crippen molar-refractivity contribution in [2.75, 3.05) is 20.2 Å². The third-order valence-corrected chi connectivity index (χ3v) is 4.18. The van der Waals surface area contributed by atoms with Crippen molar-refractivity contribution in [3.05, 3.63) is 29.8 Å². The molecule has 1 heterocycles. The van der Waals surface area contributed by atoms with Crippen LogP contribution in [0.1, 0.15) is 42.5 Å². The van der Waals surface area contributed by atoms with Crippen LogP contribution in [0.2, 0.25) is 0 Å². The summed E-state index contributed by atoms with van der Waals surface area (Å²) in [6.07, 6.45) is 3.40. The van der Waals surface area contributed by atoms with Gasteiger partial charge < -0.3 is 15.4 Å². The van der Waals surface area contributed by atoms with Gasteiger partial charge in [0.15, 0.2) is 5.78 Å². The monoisotopic (exact) mass is 304 g/mol. The topological polar surface area (TPSA) is 72.6 Å². The van der Waals surface area contributed by atoms with E-state index in [9.17, 15) is 9.59 Å². The third kappa shape index (κ3) is 4.07. The van der Waals surface area contributed by atoms with Gasteiger partial charge in [-0.3, -0.25) is 9.59 Å². The molecule has 1 aromatic carbocycles. The maximum atomic E-state index is 12.2. The molecule has 1 aliphatic heterocycles. The van der Waals surface area contributed by atoms with Crippen molar-refractivity contribution in [2.24, 2.45) is 5.73 Å². The summed E-state index contributed by atoms with van der Waals surface area (Å²) in [4.78, 5) is 26.1. The molecule has 5 nitrogen and oxygen atoms in total. The van der Waals surface area contributed by atoms with Crippen molar-refractivity contribution in [1.29, 1.82) is 0 Å². The number of hydrogen-bond donors (Lipinski definition) is 1. The van der Waals surface area contributed by atoms with Gasteiger partial charge in [-0.25, -0.2) is 0 Å². The number of methoxy groups -OCH3 is 1. The first-order chi connectivity index (χ1) is 10.7. The maximum absolute atomic E-state index is 12.2. The Bertz CT molecular complexity index is 513. The fraction of sp³-hybridized carbons (Fsp3) is 0.529. The molecule has 1 fully saturated rings. The van der Waals surface area contributed by atoms with Crippen LogP contribution in [0.3, 0.4) is 0 Å². The lowest BCUT2D eigenvalue weighted by atomic mass is 10.0. The zero-order valence-electron chi connectivity index (χ0n) is 13.1.